The average molecular weight is 542 g/mol. The van der Waals surface area contributed by atoms with Gasteiger partial charge in [0.15, 0.2) is 11.1 Å². The van der Waals surface area contributed by atoms with Crippen LogP contribution in [0.25, 0.3) is 11.3 Å². The molecule has 190 valence electrons. The molecule has 2 amide bonds. The molecule has 0 saturated carbocycles. The number of hydrogen-bond donors (Lipinski definition) is 4. The number of aliphatic carboxylic acids is 1. The van der Waals surface area contributed by atoms with E-state index in [0.717, 1.165) is 11.8 Å². The lowest BCUT2D eigenvalue weighted by atomic mass is 10.0. The molecule has 0 aromatic rings. The van der Waals surface area contributed by atoms with Crippen LogP contribution in [0.15, 0.2) is 68.9 Å². The van der Waals surface area contributed by atoms with E-state index >= 15 is 0 Å². The van der Waals surface area contributed by atoms with E-state index in [2.05, 4.69) is 10.5 Å². The quantitative estimate of drug-likeness (QED) is 0.212. The lowest BCUT2D eigenvalue weighted by molar-refractivity contribution is -0.467. The summed E-state index contributed by atoms with van der Waals surface area (Å²) in [7, 11) is 1.28. The van der Waals surface area contributed by atoms with Crippen molar-refractivity contribution in [2.75, 3.05) is 12.9 Å². The SMILES string of the molecule is CO/N=C(\C(=O)N[C@@H]1C(=O)N2C(C(=O)O)=C(Cn3cccc4c(=O)cccc3-4)CS[C@H]12)C1=CSC(=N)[NH2+]1. The van der Waals surface area contributed by atoms with Gasteiger partial charge in [-0.05, 0) is 41.6 Å². The highest BCUT2D eigenvalue weighted by Gasteiger charge is 2.54. The number of amides is 2. The normalized spacial score (nSPS) is 21.5. The summed E-state index contributed by atoms with van der Waals surface area (Å²) in [6.07, 6.45) is 1.76. The van der Waals surface area contributed by atoms with Crippen LogP contribution in [0.2, 0.25) is 0 Å². The van der Waals surface area contributed by atoms with Crippen molar-refractivity contribution < 1.29 is 29.6 Å². The van der Waals surface area contributed by atoms with E-state index in [9.17, 15) is 24.3 Å². The maximum absolute atomic E-state index is 13.1. The van der Waals surface area contributed by atoms with Crippen molar-refractivity contribution in [3.05, 3.63) is 69.1 Å². The van der Waals surface area contributed by atoms with Crippen LogP contribution in [0.4, 0.5) is 0 Å². The van der Waals surface area contributed by atoms with Crippen molar-refractivity contribution in [3.63, 3.8) is 0 Å². The van der Waals surface area contributed by atoms with Crippen LogP contribution in [0, 0.1) is 5.41 Å². The van der Waals surface area contributed by atoms with E-state index in [1.807, 2.05) is 0 Å². The van der Waals surface area contributed by atoms with Crippen molar-refractivity contribution >= 4 is 52.2 Å². The zero-order valence-electron chi connectivity index (χ0n) is 19.3. The molecule has 5 rings (SSSR count). The molecule has 4 heterocycles. The first-order valence-corrected chi connectivity index (χ1v) is 12.9. The molecule has 4 aliphatic heterocycles. The molecular formula is C23H21N6O6S2+. The number of fused-ring (bicyclic) bond motifs is 2. The monoisotopic (exact) mass is 541 g/mol. The number of carboxylic acid groups (broad SMARTS) is 1. The lowest BCUT2D eigenvalue weighted by Crippen LogP contribution is -2.84. The molecule has 5 aliphatic rings. The summed E-state index contributed by atoms with van der Waals surface area (Å²) in [6, 6.07) is 7.38. The molecular weight excluding hydrogens is 520 g/mol. The van der Waals surface area contributed by atoms with Crippen LogP contribution in [-0.2, 0) is 25.8 Å². The number of benzene rings is 1. The number of carbonyl (C=O) groups excluding carboxylic acids is 2. The number of quaternary nitrogens is 1. The minimum Gasteiger partial charge on any atom is -0.477 e. The number of nitrogens with zero attached hydrogens (tertiary/aromatic N) is 3. The molecule has 0 bridgehead atoms. The largest absolute Gasteiger partial charge is 0.477 e. The van der Waals surface area contributed by atoms with E-state index in [1.165, 1.54) is 35.2 Å². The summed E-state index contributed by atoms with van der Waals surface area (Å²) in [5.41, 5.74) is 1.75. The molecule has 0 aromatic heterocycles. The number of amidine groups is 1. The summed E-state index contributed by atoms with van der Waals surface area (Å²) in [5, 5.41) is 26.8. The number of nitrogens with two attached hydrogens (primary N) is 1. The number of β-lactam (4-membered cyclic amide) rings is 1. The molecule has 12 nitrogen and oxygen atoms in total. The molecule has 1 aliphatic carbocycles. The standard InChI is InChI=1S/C23H20N6O6S2/c1-35-27-16(13-10-37-23(24)25-13)19(31)26-17-20(32)29-18(22(33)34)11(9-36-21(17)29)8-28-7-3-4-12-14(28)5-2-6-15(12)30/h2-7,10,17,21H,8-9H2,1H3,(H2,24,25)(H,26,31)(H,33,34)/p+1/b27-16-/t17-,21-/m1/s1. The van der Waals surface area contributed by atoms with Crippen LogP contribution < -0.4 is 16.1 Å². The fraction of sp³-hybridized carbons (Fsp3) is 0.217. The highest BCUT2D eigenvalue weighted by Crippen LogP contribution is 2.41. The average Bonchev–Trinajstić information content (AvgIpc) is 3.31. The Balaban J connectivity index is 1.38. The summed E-state index contributed by atoms with van der Waals surface area (Å²) >= 11 is 2.46. The van der Waals surface area contributed by atoms with Gasteiger partial charge in [0, 0.05) is 29.5 Å². The van der Waals surface area contributed by atoms with Gasteiger partial charge in [-0.1, -0.05) is 11.2 Å². The van der Waals surface area contributed by atoms with E-state index in [0.29, 0.717) is 28.3 Å². The maximum atomic E-state index is 13.1. The van der Waals surface area contributed by atoms with Crippen molar-refractivity contribution in [3.8, 4) is 11.3 Å². The Morgan fingerprint density at radius 2 is 2.11 bits per heavy atom. The van der Waals surface area contributed by atoms with Crippen molar-refractivity contribution in [2.45, 2.75) is 18.0 Å². The molecule has 37 heavy (non-hydrogen) atoms. The first kappa shape index (κ1) is 24.8. The number of pyridine rings is 1. The van der Waals surface area contributed by atoms with Crippen LogP contribution >= 0.6 is 23.5 Å². The number of aromatic nitrogens is 1. The van der Waals surface area contributed by atoms with Gasteiger partial charge in [0.25, 0.3) is 17.0 Å². The third kappa shape index (κ3) is 4.43. The maximum Gasteiger partial charge on any atom is 0.352 e. The topological polar surface area (TPSA) is 171 Å². The molecule has 0 unspecified atom stereocenters. The van der Waals surface area contributed by atoms with Gasteiger partial charge < -0.3 is 19.8 Å². The number of carboxylic acids is 1. The third-order valence-electron chi connectivity index (χ3n) is 6.05. The van der Waals surface area contributed by atoms with Crippen LogP contribution in [0.3, 0.4) is 0 Å². The second-order valence-corrected chi connectivity index (χ2v) is 10.3. The fourth-order valence-electron chi connectivity index (χ4n) is 4.41. The number of hydrogen-bond acceptors (Lipinski definition) is 9. The van der Waals surface area contributed by atoms with Crippen LogP contribution in [0.1, 0.15) is 0 Å². The zero-order chi connectivity index (χ0) is 26.3. The second kappa shape index (κ2) is 9.88. The van der Waals surface area contributed by atoms with Gasteiger partial charge in [-0.15, -0.1) is 11.8 Å². The minimum atomic E-state index is -1.24. The lowest BCUT2D eigenvalue weighted by Gasteiger charge is -2.49. The van der Waals surface area contributed by atoms with Crippen molar-refractivity contribution in [2.24, 2.45) is 5.16 Å². The predicted molar refractivity (Wildman–Crippen MR) is 137 cm³/mol. The summed E-state index contributed by atoms with van der Waals surface area (Å²) in [5.74, 6) is -2.14. The highest BCUT2D eigenvalue weighted by molar-refractivity contribution is 8.16. The number of oxime groups is 1. The molecule has 0 aromatic carbocycles. The van der Waals surface area contributed by atoms with Gasteiger partial charge in [-0.2, -0.15) is 0 Å². The molecule has 5 N–H and O–H groups in total. The Kier molecular flexibility index (Phi) is 6.62. The van der Waals surface area contributed by atoms with Crippen molar-refractivity contribution in [1.29, 1.82) is 5.41 Å². The van der Waals surface area contributed by atoms with E-state index in [-0.39, 0.29) is 28.5 Å². The van der Waals surface area contributed by atoms with Gasteiger partial charge in [0.05, 0.1) is 5.69 Å². The van der Waals surface area contributed by atoms with Gasteiger partial charge in [-0.3, -0.25) is 24.6 Å². The number of nitrogens with one attached hydrogen (secondary N) is 2. The number of rotatable bonds is 7. The number of carbonyl (C=O) groups is 3. The molecule has 2 atom stereocenters. The highest BCUT2D eigenvalue weighted by atomic mass is 32.2. The minimum absolute atomic E-state index is 0.0795. The van der Waals surface area contributed by atoms with Gasteiger partial charge >= 0.3 is 5.97 Å². The first-order chi connectivity index (χ1) is 17.8. The fourth-order valence-corrected chi connectivity index (χ4v) is 6.37. The number of thioether (sulfide) groups is 2. The van der Waals surface area contributed by atoms with Crippen LogP contribution in [0.5, 0.6) is 0 Å². The Hall–Kier alpha value is -3.88. The Bertz CT molecular complexity index is 1460. The van der Waals surface area contributed by atoms with Gasteiger partial charge in [0.2, 0.25) is 5.71 Å². The zero-order valence-corrected chi connectivity index (χ0v) is 21.0. The Labute approximate surface area is 218 Å². The molecule has 1 fully saturated rings. The second-order valence-electron chi connectivity index (χ2n) is 8.27. The van der Waals surface area contributed by atoms with E-state index in [4.69, 9.17) is 10.2 Å². The molecule has 1 saturated heterocycles. The van der Waals surface area contributed by atoms with E-state index in [1.54, 1.807) is 40.4 Å². The summed E-state index contributed by atoms with van der Waals surface area (Å²) in [6.45, 7) is 0.182. The summed E-state index contributed by atoms with van der Waals surface area (Å²) < 4.78 is 1.79. The van der Waals surface area contributed by atoms with Gasteiger partial charge in [-0.25, -0.2) is 10.2 Å². The first-order valence-electron chi connectivity index (χ1n) is 11.0. The van der Waals surface area contributed by atoms with Crippen molar-refractivity contribution in [1.82, 2.24) is 14.8 Å². The summed E-state index contributed by atoms with van der Waals surface area (Å²) in [4.78, 5) is 56.4. The smallest absolute Gasteiger partial charge is 0.352 e. The Morgan fingerprint density at radius 3 is 2.81 bits per heavy atom. The molecule has 14 heteroatoms. The van der Waals surface area contributed by atoms with E-state index < -0.39 is 29.2 Å². The molecule has 0 radical (unpaired) electrons. The molecule has 0 spiro atoms. The van der Waals surface area contributed by atoms with Gasteiger partial charge in [0.1, 0.15) is 24.2 Å². The Morgan fingerprint density at radius 1 is 1.30 bits per heavy atom. The van der Waals surface area contributed by atoms with Crippen LogP contribution in [-0.4, -0.2) is 67.5 Å². The predicted octanol–water partition coefficient (Wildman–Crippen LogP) is -0.220. The third-order valence-corrected chi connectivity index (χ3v) is 8.13.